The Bertz CT molecular complexity index is 1380. The van der Waals surface area contributed by atoms with E-state index in [0.29, 0.717) is 11.8 Å². The molecule has 10 heteroatoms. The summed E-state index contributed by atoms with van der Waals surface area (Å²) >= 11 is 0. The summed E-state index contributed by atoms with van der Waals surface area (Å²) in [5.74, 6) is 0.722. The molecule has 2 heterocycles. The summed E-state index contributed by atoms with van der Waals surface area (Å²) in [6.45, 7) is 13.2. The number of nitrogens with zero attached hydrogens (tertiary/aromatic N) is 4. The van der Waals surface area contributed by atoms with Gasteiger partial charge in [-0.2, -0.15) is 0 Å². The fourth-order valence-electron chi connectivity index (χ4n) is 4.63. The number of aliphatic imine (C=N–C) groups is 2. The molecule has 2 radical (unpaired) electrons. The summed E-state index contributed by atoms with van der Waals surface area (Å²) in [5, 5.41) is 0. The minimum absolute atomic E-state index is 0. The van der Waals surface area contributed by atoms with Gasteiger partial charge in [0.15, 0.2) is 0 Å². The molecule has 43 heavy (non-hydrogen) atoms. The zero-order valence-corrected chi connectivity index (χ0v) is 33.7. The molecule has 4 aromatic rings. The molecule has 0 saturated carbocycles. The van der Waals surface area contributed by atoms with Crippen LogP contribution in [0.5, 0.6) is 0 Å². The Morgan fingerprint density at radius 3 is 1.37 bits per heavy atom. The fourth-order valence-corrected chi connectivity index (χ4v) is 4.63. The van der Waals surface area contributed by atoms with Crippen LogP contribution < -0.4 is 0 Å². The van der Waals surface area contributed by atoms with Crippen molar-refractivity contribution in [1.82, 2.24) is 9.97 Å². The molecule has 0 unspecified atom stereocenters. The number of aromatic nitrogens is 2. The number of pyridine rings is 2. The summed E-state index contributed by atoms with van der Waals surface area (Å²) < 4.78 is 0. The van der Waals surface area contributed by atoms with Crippen molar-refractivity contribution in [3.05, 3.63) is 118 Å². The summed E-state index contributed by atoms with van der Waals surface area (Å²) in [6, 6.07) is 20.9. The third kappa shape index (κ3) is 13.1. The van der Waals surface area contributed by atoms with E-state index in [1.54, 1.807) is 12.4 Å². The summed E-state index contributed by atoms with van der Waals surface area (Å²) in [7, 11) is 0. The molecule has 0 spiro atoms. The van der Waals surface area contributed by atoms with E-state index in [1.165, 1.54) is 33.4 Å². The van der Waals surface area contributed by atoms with Crippen molar-refractivity contribution in [3.8, 4) is 0 Å². The third-order valence-electron chi connectivity index (χ3n) is 6.46. The van der Waals surface area contributed by atoms with Crippen LogP contribution in [0, 0.1) is 13.8 Å². The Morgan fingerprint density at radius 2 is 1.00 bits per heavy atom. The zero-order chi connectivity index (χ0) is 26.4. The minimum atomic E-state index is 0. The van der Waals surface area contributed by atoms with Crippen LogP contribution in [-0.4, -0.2) is 22.4 Å². The predicted molar refractivity (Wildman–Crippen MR) is 198 cm³/mol. The second kappa shape index (κ2) is 22.5. The number of aryl methyl sites for hydroxylation is 2. The smallest absolute Gasteiger partial charge is 0.0812 e. The maximum Gasteiger partial charge on any atom is 0.0812 e. The third-order valence-corrected chi connectivity index (χ3v) is 6.46. The van der Waals surface area contributed by atoms with Crippen LogP contribution in [0.2, 0.25) is 0 Å². The quantitative estimate of drug-likeness (QED) is 0.131. The number of rotatable bonds is 8. The molecular weight excluding hydrogens is 899 g/mol. The van der Waals surface area contributed by atoms with Gasteiger partial charge in [0.05, 0.1) is 35.2 Å². The van der Waals surface area contributed by atoms with E-state index in [4.69, 9.17) is 9.98 Å². The van der Waals surface area contributed by atoms with Gasteiger partial charge in [-0.3, -0.25) is 20.0 Å². The van der Waals surface area contributed by atoms with Crippen molar-refractivity contribution < 1.29 is 34.1 Å². The van der Waals surface area contributed by atoms with E-state index in [0.717, 1.165) is 29.2 Å². The topological polar surface area (TPSA) is 50.5 Å². The molecule has 0 aliphatic carbocycles. The van der Waals surface area contributed by atoms with Crippen LogP contribution >= 0.6 is 67.9 Å². The molecule has 0 atom stereocenters. The van der Waals surface area contributed by atoms with Gasteiger partial charge in [-0.15, -0.1) is 67.9 Å². The molecule has 0 bridgehead atoms. The summed E-state index contributed by atoms with van der Waals surface area (Å²) in [6.07, 6.45) is 8.18. The van der Waals surface area contributed by atoms with Crippen LogP contribution in [0.4, 0.5) is 11.4 Å². The second-order valence-electron chi connectivity index (χ2n) is 10.2. The van der Waals surface area contributed by atoms with E-state index in [9.17, 15) is 0 Å². The average Bonchev–Trinajstić information content (AvgIpc) is 2.88. The van der Waals surface area contributed by atoms with Crippen molar-refractivity contribution in [2.75, 3.05) is 0 Å². The molecule has 0 fully saturated rings. The van der Waals surface area contributed by atoms with Crippen molar-refractivity contribution in [1.29, 1.82) is 0 Å². The number of halogens is 4. The largest absolute Gasteiger partial charge is 0.255 e. The van der Waals surface area contributed by atoms with Gasteiger partial charge < -0.3 is 0 Å². The van der Waals surface area contributed by atoms with Crippen LogP contribution in [0.15, 0.2) is 83.0 Å². The molecule has 2 aromatic carbocycles. The van der Waals surface area contributed by atoms with Gasteiger partial charge in [0.2, 0.25) is 0 Å². The number of benzene rings is 2. The molecule has 0 saturated heterocycles. The van der Waals surface area contributed by atoms with Gasteiger partial charge in [0.1, 0.15) is 0 Å². The van der Waals surface area contributed by atoms with E-state index in [1.807, 2.05) is 48.8 Å². The van der Waals surface area contributed by atoms with Crippen molar-refractivity contribution in [2.24, 2.45) is 9.98 Å². The molecule has 4 nitrogen and oxygen atoms in total. The Kier molecular flexibility index (Phi) is 24.3. The maximum absolute atomic E-state index is 4.94. The van der Waals surface area contributed by atoms with E-state index < -0.39 is 0 Å². The van der Waals surface area contributed by atoms with E-state index >= 15 is 0 Å². The molecule has 242 valence electrons. The second-order valence-corrected chi connectivity index (χ2v) is 10.2. The van der Waals surface area contributed by atoms with Gasteiger partial charge in [0, 0.05) is 46.5 Å². The van der Waals surface area contributed by atoms with Gasteiger partial charge >= 0.3 is 0 Å². The van der Waals surface area contributed by atoms with Gasteiger partial charge in [0.25, 0.3) is 0 Å². The van der Waals surface area contributed by atoms with E-state index in [-0.39, 0.29) is 102 Å². The standard InChI is InChI=1S/C33H36N4.4BrH.2Cu/c1-22(2)30-18-27(19-31(23(3)4)33(30)37-21-29-12-8-10-14-35-29)17-26-15-24(5)32(25(6)16-26)36-20-28-11-7-9-13-34-28;;;;;;/h7-16,18-23H,17H2,1-6H3;4*1H;;. The van der Waals surface area contributed by atoms with Gasteiger partial charge in [-0.1, -0.05) is 64.1 Å². The first kappa shape index (κ1) is 46.5. The normalized spacial score (nSPS) is 10.2. The van der Waals surface area contributed by atoms with Crippen LogP contribution in [0.3, 0.4) is 0 Å². The Hall–Kier alpha value is -0.961. The molecule has 0 amide bonds. The average molecular weight is 939 g/mol. The SMILES string of the molecule is Br.Br.Br.Br.Cc1cc(Cc2cc(C(C)C)c(N=Cc3ccccn3)c(C(C)C)c2)cc(C)c1N=Cc1ccccn1.[Cu].[Cu]. The monoisotopic (exact) mass is 934 g/mol. The molecule has 2 aromatic heterocycles. The maximum atomic E-state index is 4.94. The molecule has 0 aliphatic heterocycles. The molecular formula is C33H40Br4Cu2N4. The summed E-state index contributed by atoms with van der Waals surface area (Å²) in [4.78, 5) is 18.4. The fraction of sp³-hybridized carbons (Fsp3) is 0.273. The van der Waals surface area contributed by atoms with Crippen LogP contribution in [-0.2, 0) is 40.6 Å². The minimum Gasteiger partial charge on any atom is -0.255 e. The van der Waals surface area contributed by atoms with Crippen molar-refractivity contribution >= 4 is 91.7 Å². The van der Waals surface area contributed by atoms with Crippen LogP contribution in [0.25, 0.3) is 0 Å². The number of hydrogen-bond donors (Lipinski definition) is 0. The van der Waals surface area contributed by atoms with Crippen molar-refractivity contribution in [3.63, 3.8) is 0 Å². The van der Waals surface area contributed by atoms with E-state index in [2.05, 4.69) is 75.8 Å². The van der Waals surface area contributed by atoms with Gasteiger partial charge in [-0.25, -0.2) is 0 Å². The number of hydrogen-bond acceptors (Lipinski definition) is 4. The Morgan fingerprint density at radius 1 is 0.605 bits per heavy atom. The Labute approximate surface area is 320 Å². The first-order chi connectivity index (χ1) is 17.8. The van der Waals surface area contributed by atoms with Crippen molar-refractivity contribution in [2.45, 2.75) is 59.8 Å². The molecule has 0 N–H and O–H groups in total. The molecule has 4 rings (SSSR count). The zero-order valence-electron chi connectivity index (χ0n) is 25.0. The molecule has 0 aliphatic rings. The van der Waals surface area contributed by atoms with Crippen LogP contribution in [0.1, 0.15) is 84.3 Å². The first-order valence-electron chi connectivity index (χ1n) is 13.0. The Balaban J connectivity index is -0.00000267. The first-order valence-corrected chi connectivity index (χ1v) is 13.0. The predicted octanol–water partition coefficient (Wildman–Crippen LogP) is 10.7. The summed E-state index contributed by atoms with van der Waals surface area (Å²) in [5.41, 5.74) is 11.3. The van der Waals surface area contributed by atoms with Gasteiger partial charge in [-0.05, 0) is 89.8 Å².